The molecule has 110 valence electrons. The molecule has 1 heterocycles. The number of aryl methyl sites for hydroxylation is 1. The van der Waals surface area contributed by atoms with Crippen LogP contribution in [-0.2, 0) is 0 Å². The molecule has 0 bridgehead atoms. The maximum Gasteiger partial charge on any atom is 0.256 e. The van der Waals surface area contributed by atoms with E-state index in [0.29, 0.717) is 29.5 Å². The normalized spacial score (nSPS) is 10.0. The van der Waals surface area contributed by atoms with Gasteiger partial charge < -0.3 is 14.8 Å². The van der Waals surface area contributed by atoms with E-state index in [4.69, 9.17) is 9.47 Å². The molecule has 0 aliphatic heterocycles. The van der Waals surface area contributed by atoms with Gasteiger partial charge in [0.25, 0.3) is 5.91 Å². The smallest absolute Gasteiger partial charge is 0.256 e. The zero-order valence-electron chi connectivity index (χ0n) is 12.3. The van der Waals surface area contributed by atoms with Gasteiger partial charge in [-0.25, -0.2) is 4.98 Å². The molecule has 0 aliphatic carbocycles. The molecule has 0 atom stereocenters. The van der Waals surface area contributed by atoms with Gasteiger partial charge in [-0.3, -0.25) is 4.79 Å². The van der Waals surface area contributed by atoms with Gasteiger partial charge in [0.15, 0.2) is 11.5 Å². The minimum Gasteiger partial charge on any atom is -0.493 e. The molecule has 2 aromatic rings. The summed E-state index contributed by atoms with van der Waals surface area (Å²) in [7, 11) is 1.54. The first-order valence-corrected chi connectivity index (χ1v) is 6.69. The van der Waals surface area contributed by atoms with Crippen molar-refractivity contribution in [3.63, 3.8) is 0 Å². The number of carbonyl (C=O) groups excluding carboxylic acids is 1. The highest BCUT2D eigenvalue weighted by molar-refractivity contribution is 6.04. The Hall–Kier alpha value is -2.56. The van der Waals surface area contributed by atoms with Gasteiger partial charge in [0, 0.05) is 11.8 Å². The lowest BCUT2D eigenvalue weighted by Crippen LogP contribution is -2.13. The quantitative estimate of drug-likeness (QED) is 0.917. The van der Waals surface area contributed by atoms with E-state index in [9.17, 15) is 4.79 Å². The van der Waals surface area contributed by atoms with Crippen LogP contribution in [-0.4, -0.2) is 24.6 Å². The second-order valence-corrected chi connectivity index (χ2v) is 4.47. The van der Waals surface area contributed by atoms with Crippen molar-refractivity contribution in [3.8, 4) is 11.5 Å². The van der Waals surface area contributed by atoms with Crippen molar-refractivity contribution in [2.75, 3.05) is 19.0 Å². The Balaban J connectivity index is 2.17. The van der Waals surface area contributed by atoms with E-state index in [1.807, 2.05) is 19.9 Å². The number of carbonyl (C=O) groups is 1. The molecular weight excluding hydrogens is 268 g/mol. The largest absolute Gasteiger partial charge is 0.493 e. The topological polar surface area (TPSA) is 60.5 Å². The summed E-state index contributed by atoms with van der Waals surface area (Å²) in [4.78, 5) is 16.3. The van der Waals surface area contributed by atoms with E-state index in [-0.39, 0.29) is 5.91 Å². The second kappa shape index (κ2) is 6.74. The predicted molar refractivity (Wildman–Crippen MR) is 81.1 cm³/mol. The minimum atomic E-state index is -0.243. The van der Waals surface area contributed by atoms with E-state index in [2.05, 4.69) is 10.3 Å². The minimum absolute atomic E-state index is 0.243. The highest BCUT2D eigenvalue weighted by atomic mass is 16.5. The number of amides is 1. The van der Waals surface area contributed by atoms with Crippen LogP contribution in [0.3, 0.4) is 0 Å². The monoisotopic (exact) mass is 286 g/mol. The van der Waals surface area contributed by atoms with Gasteiger partial charge in [0.1, 0.15) is 5.82 Å². The van der Waals surface area contributed by atoms with E-state index < -0.39 is 0 Å². The lowest BCUT2D eigenvalue weighted by Gasteiger charge is -2.11. The summed E-state index contributed by atoms with van der Waals surface area (Å²) in [5.74, 6) is 1.41. The standard InChI is InChI=1S/C16H18N2O3/c1-4-21-13-7-6-12(9-14(13)20-3)16(19)18-15-8-5-11(2)10-17-15/h5-10H,4H2,1-3H3,(H,17,18,19). The number of benzene rings is 1. The molecule has 0 unspecified atom stereocenters. The van der Waals surface area contributed by atoms with Crippen LogP contribution in [0, 0.1) is 6.92 Å². The molecule has 0 aliphatic rings. The number of anilines is 1. The fourth-order valence-corrected chi connectivity index (χ4v) is 1.81. The zero-order valence-corrected chi connectivity index (χ0v) is 12.3. The second-order valence-electron chi connectivity index (χ2n) is 4.47. The molecule has 2 rings (SSSR count). The lowest BCUT2D eigenvalue weighted by atomic mass is 10.2. The lowest BCUT2D eigenvalue weighted by molar-refractivity contribution is 0.102. The SMILES string of the molecule is CCOc1ccc(C(=O)Nc2ccc(C)cn2)cc1OC. The number of pyridine rings is 1. The Morgan fingerprint density at radius 3 is 2.67 bits per heavy atom. The Labute approximate surface area is 123 Å². The summed E-state index contributed by atoms with van der Waals surface area (Å²) >= 11 is 0. The average molecular weight is 286 g/mol. The highest BCUT2D eigenvalue weighted by Crippen LogP contribution is 2.28. The van der Waals surface area contributed by atoms with Gasteiger partial charge in [-0.2, -0.15) is 0 Å². The van der Waals surface area contributed by atoms with E-state index in [1.165, 1.54) is 0 Å². The number of hydrogen-bond donors (Lipinski definition) is 1. The maximum absolute atomic E-state index is 12.2. The molecule has 5 heteroatoms. The fourth-order valence-electron chi connectivity index (χ4n) is 1.81. The van der Waals surface area contributed by atoms with E-state index in [0.717, 1.165) is 5.56 Å². The van der Waals surface area contributed by atoms with Crippen molar-refractivity contribution in [1.82, 2.24) is 4.98 Å². The fraction of sp³-hybridized carbons (Fsp3) is 0.250. The summed E-state index contributed by atoms with van der Waals surface area (Å²) < 4.78 is 10.7. The average Bonchev–Trinajstić information content (AvgIpc) is 2.50. The van der Waals surface area contributed by atoms with Crippen LogP contribution >= 0.6 is 0 Å². The van der Waals surface area contributed by atoms with Gasteiger partial charge in [0.2, 0.25) is 0 Å². The first-order chi connectivity index (χ1) is 10.1. The first-order valence-electron chi connectivity index (χ1n) is 6.69. The third kappa shape index (κ3) is 3.72. The molecule has 1 aromatic heterocycles. The Bertz CT molecular complexity index is 624. The van der Waals surface area contributed by atoms with E-state index in [1.54, 1.807) is 37.6 Å². The molecule has 0 radical (unpaired) electrons. The van der Waals surface area contributed by atoms with Crippen molar-refractivity contribution in [2.45, 2.75) is 13.8 Å². The van der Waals surface area contributed by atoms with Crippen LogP contribution in [0.5, 0.6) is 11.5 Å². The third-order valence-corrected chi connectivity index (χ3v) is 2.88. The summed E-state index contributed by atoms with van der Waals surface area (Å²) in [6.45, 7) is 4.37. The molecule has 5 nitrogen and oxygen atoms in total. The van der Waals surface area contributed by atoms with Crippen LogP contribution in [0.15, 0.2) is 36.5 Å². The van der Waals surface area contributed by atoms with Crippen LogP contribution in [0.1, 0.15) is 22.8 Å². The third-order valence-electron chi connectivity index (χ3n) is 2.88. The van der Waals surface area contributed by atoms with Gasteiger partial charge in [-0.05, 0) is 43.7 Å². The number of ether oxygens (including phenoxy) is 2. The van der Waals surface area contributed by atoms with Crippen molar-refractivity contribution >= 4 is 11.7 Å². The van der Waals surface area contributed by atoms with Crippen LogP contribution in [0.4, 0.5) is 5.82 Å². The number of nitrogens with zero attached hydrogens (tertiary/aromatic N) is 1. The Kier molecular flexibility index (Phi) is 4.77. The molecule has 21 heavy (non-hydrogen) atoms. The molecule has 1 amide bonds. The number of aromatic nitrogens is 1. The Morgan fingerprint density at radius 2 is 2.05 bits per heavy atom. The number of rotatable bonds is 5. The molecule has 0 fully saturated rings. The Morgan fingerprint density at radius 1 is 1.24 bits per heavy atom. The summed E-state index contributed by atoms with van der Waals surface area (Å²) in [6.07, 6.45) is 1.70. The number of nitrogens with one attached hydrogen (secondary N) is 1. The molecule has 1 N–H and O–H groups in total. The van der Waals surface area contributed by atoms with Gasteiger partial charge in [-0.15, -0.1) is 0 Å². The summed E-state index contributed by atoms with van der Waals surface area (Å²) in [6, 6.07) is 8.71. The van der Waals surface area contributed by atoms with E-state index >= 15 is 0 Å². The molecule has 0 saturated carbocycles. The van der Waals surface area contributed by atoms with Crippen molar-refractivity contribution < 1.29 is 14.3 Å². The van der Waals surface area contributed by atoms with Crippen LogP contribution in [0.25, 0.3) is 0 Å². The van der Waals surface area contributed by atoms with Crippen molar-refractivity contribution in [2.24, 2.45) is 0 Å². The maximum atomic E-state index is 12.2. The zero-order chi connectivity index (χ0) is 15.2. The van der Waals surface area contributed by atoms with Crippen molar-refractivity contribution in [1.29, 1.82) is 0 Å². The first kappa shape index (κ1) is 14.8. The van der Waals surface area contributed by atoms with Gasteiger partial charge in [0.05, 0.1) is 13.7 Å². The summed E-state index contributed by atoms with van der Waals surface area (Å²) in [5, 5.41) is 2.74. The van der Waals surface area contributed by atoms with Crippen LogP contribution in [0.2, 0.25) is 0 Å². The van der Waals surface area contributed by atoms with Crippen molar-refractivity contribution in [3.05, 3.63) is 47.7 Å². The highest BCUT2D eigenvalue weighted by Gasteiger charge is 2.11. The molecule has 1 aromatic carbocycles. The predicted octanol–water partition coefficient (Wildman–Crippen LogP) is 3.05. The molecular formula is C16H18N2O3. The van der Waals surface area contributed by atoms with Gasteiger partial charge >= 0.3 is 0 Å². The number of methoxy groups -OCH3 is 1. The molecule has 0 spiro atoms. The molecule has 0 saturated heterocycles. The number of hydrogen-bond acceptors (Lipinski definition) is 4. The van der Waals surface area contributed by atoms with Gasteiger partial charge in [-0.1, -0.05) is 6.07 Å². The summed E-state index contributed by atoms with van der Waals surface area (Å²) in [5.41, 5.74) is 1.52. The van der Waals surface area contributed by atoms with Crippen LogP contribution < -0.4 is 14.8 Å².